The van der Waals surface area contributed by atoms with Crippen LogP contribution in [0.3, 0.4) is 0 Å². The summed E-state index contributed by atoms with van der Waals surface area (Å²) in [5.41, 5.74) is 3.79. The van der Waals surface area contributed by atoms with E-state index < -0.39 is 10.0 Å². The van der Waals surface area contributed by atoms with Crippen molar-refractivity contribution >= 4 is 27.3 Å². The topological polar surface area (TPSA) is 66.5 Å². The van der Waals surface area contributed by atoms with Gasteiger partial charge in [-0.2, -0.15) is 4.31 Å². The number of hydrogen-bond donors (Lipinski definition) is 1. The first-order valence-corrected chi connectivity index (χ1v) is 12.1. The van der Waals surface area contributed by atoms with E-state index in [-0.39, 0.29) is 15.7 Å². The van der Waals surface area contributed by atoms with E-state index in [0.29, 0.717) is 19.6 Å². The molecule has 5 nitrogen and oxygen atoms in total. The summed E-state index contributed by atoms with van der Waals surface area (Å²) in [6.07, 6.45) is 4.51. The highest BCUT2D eigenvalue weighted by molar-refractivity contribution is 7.89. The van der Waals surface area contributed by atoms with E-state index in [4.69, 9.17) is 0 Å². The van der Waals surface area contributed by atoms with Crippen molar-refractivity contribution in [2.75, 3.05) is 19.6 Å². The summed E-state index contributed by atoms with van der Waals surface area (Å²) in [7, 11) is -3.59. The summed E-state index contributed by atoms with van der Waals surface area (Å²) in [5.74, 6) is -0.300. The number of carbonyl (C=O) groups excluding carboxylic acids is 1. The summed E-state index contributed by atoms with van der Waals surface area (Å²) in [5, 5.41) is 4.57. The van der Waals surface area contributed by atoms with Crippen molar-refractivity contribution < 1.29 is 13.2 Å². The predicted octanol–water partition coefficient (Wildman–Crippen LogP) is 3.90. The van der Waals surface area contributed by atoms with Crippen LogP contribution in [-0.2, 0) is 16.4 Å². The number of nitrogens with zero attached hydrogens (tertiary/aromatic N) is 1. The van der Waals surface area contributed by atoms with Crippen molar-refractivity contribution in [2.24, 2.45) is 0 Å². The first-order valence-electron chi connectivity index (χ1n) is 9.81. The Morgan fingerprint density at radius 2 is 1.89 bits per heavy atom. The average Bonchev–Trinajstić information content (AvgIpc) is 3.18. The van der Waals surface area contributed by atoms with Crippen LogP contribution in [0.25, 0.3) is 0 Å². The second kappa shape index (κ2) is 9.20. The van der Waals surface area contributed by atoms with Crippen molar-refractivity contribution in [3.63, 3.8) is 0 Å². The fourth-order valence-corrected chi connectivity index (χ4v) is 6.43. The summed E-state index contributed by atoms with van der Waals surface area (Å²) in [4.78, 5) is 13.0. The number of amides is 1. The highest BCUT2D eigenvalue weighted by Crippen LogP contribution is 2.27. The molecule has 1 amide bonds. The first kappa shape index (κ1) is 21.0. The monoisotopic (exact) mass is 420 g/mol. The number of aryl methyl sites for hydroxylation is 3. The van der Waals surface area contributed by atoms with Gasteiger partial charge in [-0.05, 0) is 62.1 Å². The van der Waals surface area contributed by atoms with Crippen LogP contribution >= 0.6 is 11.3 Å². The number of hydrogen-bond acceptors (Lipinski definition) is 4. The molecule has 152 valence electrons. The Labute approximate surface area is 171 Å². The summed E-state index contributed by atoms with van der Waals surface area (Å²) in [6, 6.07) is 7.95. The Morgan fingerprint density at radius 3 is 2.61 bits per heavy atom. The van der Waals surface area contributed by atoms with Gasteiger partial charge in [0, 0.05) is 19.6 Å². The van der Waals surface area contributed by atoms with Crippen LogP contribution in [0.1, 0.15) is 52.0 Å². The Morgan fingerprint density at radius 1 is 1.14 bits per heavy atom. The number of nitrogens with one attached hydrogen (secondary N) is 1. The highest BCUT2D eigenvalue weighted by atomic mass is 32.2. The number of carbonyl (C=O) groups is 1. The zero-order valence-electron chi connectivity index (χ0n) is 16.5. The fourth-order valence-electron chi connectivity index (χ4n) is 3.60. The molecule has 1 fully saturated rings. The van der Waals surface area contributed by atoms with Gasteiger partial charge in [0.1, 0.15) is 9.77 Å². The van der Waals surface area contributed by atoms with Crippen molar-refractivity contribution in [3.8, 4) is 0 Å². The summed E-state index contributed by atoms with van der Waals surface area (Å²) >= 11 is 1.19. The molecular weight excluding hydrogens is 392 g/mol. The van der Waals surface area contributed by atoms with Crippen LogP contribution < -0.4 is 5.32 Å². The molecule has 2 heterocycles. The van der Waals surface area contributed by atoms with E-state index in [1.807, 2.05) is 0 Å². The summed E-state index contributed by atoms with van der Waals surface area (Å²) in [6.45, 7) is 5.77. The smallest absolute Gasteiger partial charge is 0.262 e. The molecule has 1 aromatic carbocycles. The van der Waals surface area contributed by atoms with Gasteiger partial charge in [0.2, 0.25) is 10.0 Å². The number of piperidine rings is 1. The van der Waals surface area contributed by atoms with E-state index >= 15 is 0 Å². The quantitative estimate of drug-likeness (QED) is 0.691. The molecule has 7 heteroatoms. The number of sulfonamides is 1. The maximum Gasteiger partial charge on any atom is 0.262 e. The molecule has 0 saturated carbocycles. The average molecular weight is 421 g/mol. The van der Waals surface area contributed by atoms with Crippen LogP contribution in [0.4, 0.5) is 0 Å². The standard InChI is InChI=1S/C21H28N2O3S2/c1-16-8-9-18(17(2)15-16)7-6-11-22-21(24)20-19(10-14-27-20)28(25,26)23-12-4-3-5-13-23/h8-10,14-15H,3-7,11-13H2,1-2H3,(H,22,24). The van der Waals surface area contributed by atoms with Gasteiger partial charge in [-0.25, -0.2) is 8.42 Å². The van der Waals surface area contributed by atoms with E-state index in [0.717, 1.165) is 32.1 Å². The van der Waals surface area contributed by atoms with Crippen molar-refractivity contribution in [2.45, 2.75) is 50.8 Å². The molecule has 1 aliphatic rings. The molecule has 1 N–H and O–H groups in total. The second-order valence-corrected chi connectivity index (χ2v) is 10.2. The molecule has 28 heavy (non-hydrogen) atoms. The predicted molar refractivity (Wildman–Crippen MR) is 113 cm³/mol. The van der Waals surface area contributed by atoms with E-state index in [9.17, 15) is 13.2 Å². The minimum absolute atomic E-state index is 0.145. The van der Waals surface area contributed by atoms with Gasteiger partial charge in [-0.1, -0.05) is 30.2 Å². The maximum atomic E-state index is 12.9. The lowest BCUT2D eigenvalue weighted by Crippen LogP contribution is -2.36. The molecular formula is C21H28N2O3S2. The summed E-state index contributed by atoms with van der Waals surface area (Å²) < 4.78 is 27.3. The zero-order chi connectivity index (χ0) is 20.1. The lowest BCUT2D eigenvalue weighted by Gasteiger charge is -2.25. The molecule has 1 aliphatic heterocycles. The Hall–Kier alpha value is -1.70. The Kier molecular flexibility index (Phi) is 6.91. The van der Waals surface area contributed by atoms with Crippen LogP contribution in [0.2, 0.25) is 0 Å². The van der Waals surface area contributed by atoms with Crippen molar-refractivity contribution in [1.29, 1.82) is 0 Å². The van der Waals surface area contributed by atoms with Gasteiger partial charge in [0.25, 0.3) is 5.91 Å². The van der Waals surface area contributed by atoms with Gasteiger partial charge in [-0.3, -0.25) is 4.79 Å². The Bertz CT molecular complexity index is 929. The minimum atomic E-state index is -3.59. The van der Waals surface area contributed by atoms with Gasteiger partial charge < -0.3 is 5.32 Å². The van der Waals surface area contributed by atoms with Gasteiger partial charge in [0.05, 0.1) is 0 Å². The molecule has 0 radical (unpaired) electrons. The highest BCUT2D eigenvalue weighted by Gasteiger charge is 2.30. The minimum Gasteiger partial charge on any atom is -0.351 e. The van der Waals surface area contributed by atoms with E-state index in [1.165, 1.54) is 32.3 Å². The molecule has 0 unspecified atom stereocenters. The molecule has 3 rings (SSSR count). The van der Waals surface area contributed by atoms with Crippen LogP contribution in [-0.4, -0.2) is 38.3 Å². The largest absolute Gasteiger partial charge is 0.351 e. The number of benzene rings is 1. The SMILES string of the molecule is Cc1ccc(CCCNC(=O)c2sccc2S(=O)(=O)N2CCCCC2)c(C)c1. The first-order chi connectivity index (χ1) is 13.4. The van der Waals surface area contributed by atoms with Crippen molar-refractivity contribution in [3.05, 3.63) is 51.2 Å². The molecule has 2 aromatic rings. The van der Waals surface area contributed by atoms with Gasteiger partial charge in [0.15, 0.2) is 0 Å². The molecule has 0 atom stereocenters. The van der Waals surface area contributed by atoms with Gasteiger partial charge >= 0.3 is 0 Å². The molecule has 1 aromatic heterocycles. The normalized spacial score (nSPS) is 15.5. The second-order valence-electron chi connectivity index (χ2n) is 7.37. The number of rotatable bonds is 7. The zero-order valence-corrected chi connectivity index (χ0v) is 18.2. The van der Waals surface area contributed by atoms with E-state index in [2.05, 4.69) is 37.4 Å². The lowest BCUT2D eigenvalue weighted by molar-refractivity contribution is 0.0954. The molecule has 0 bridgehead atoms. The van der Waals surface area contributed by atoms with E-state index in [1.54, 1.807) is 11.4 Å². The third kappa shape index (κ3) is 4.82. The van der Waals surface area contributed by atoms with Crippen LogP contribution in [0, 0.1) is 13.8 Å². The fraction of sp³-hybridized carbons (Fsp3) is 0.476. The van der Waals surface area contributed by atoms with Crippen LogP contribution in [0.5, 0.6) is 0 Å². The van der Waals surface area contributed by atoms with Crippen molar-refractivity contribution in [1.82, 2.24) is 9.62 Å². The maximum absolute atomic E-state index is 12.9. The molecule has 0 aliphatic carbocycles. The third-order valence-electron chi connectivity index (χ3n) is 5.17. The Balaban J connectivity index is 1.59. The molecule has 1 saturated heterocycles. The third-order valence-corrected chi connectivity index (χ3v) is 8.16. The number of thiophene rings is 1. The molecule has 0 spiro atoms. The lowest BCUT2D eigenvalue weighted by atomic mass is 10.0. The van der Waals surface area contributed by atoms with Crippen LogP contribution in [0.15, 0.2) is 34.5 Å². The van der Waals surface area contributed by atoms with Gasteiger partial charge in [-0.15, -0.1) is 11.3 Å².